The molecular formula is C24H30FN3O4S. The maximum atomic E-state index is 13.3. The van der Waals surface area contributed by atoms with Crippen LogP contribution in [0, 0.1) is 11.7 Å². The number of sulfone groups is 1. The third kappa shape index (κ3) is 6.39. The number of carbonyl (C=O) groups excluding carboxylic acids is 2. The van der Waals surface area contributed by atoms with Crippen molar-refractivity contribution in [3.05, 3.63) is 66.0 Å². The van der Waals surface area contributed by atoms with E-state index in [2.05, 4.69) is 5.32 Å². The Labute approximate surface area is 194 Å². The molecule has 3 rings (SSSR count). The van der Waals surface area contributed by atoms with Gasteiger partial charge in [0.15, 0.2) is 9.84 Å². The number of halogens is 1. The summed E-state index contributed by atoms with van der Waals surface area (Å²) in [4.78, 5) is 28.8. The number of rotatable bonds is 10. The number of nitrogens with one attached hydrogen (secondary N) is 1. The van der Waals surface area contributed by atoms with Gasteiger partial charge in [-0.15, -0.1) is 0 Å². The van der Waals surface area contributed by atoms with Gasteiger partial charge in [0.25, 0.3) is 0 Å². The van der Waals surface area contributed by atoms with Crippen molar-refractivity contribution in [1.82, 2.24) is 15.1 Å². The van der Waals surface area contributed by atoms with E-state index in [9.17, 15) is 22.4 Å². The van der Waals surface area contributed by atoms with Crippen molar-refractivity contribution in [2.45, 2.75) is 23.0 Å². The van der Waals surface area contributed by atoms with Crippen molar-refractivity contribution < 1.29 is 22.4 Å². The maximum absolute atomic E-state index is 13.3. The summed E-state index contributed by atoms with van der Waals surface area (Å²) in [5.74, 6) is -1.44. The van der Waals surface area contributed by atoms with Crippen LogP contribution in [0.3, 0.4) is 0 Å². The van der Waals surface area contributed by atoms with Crippen LogP contribution in [0.1, 0.15) is 23.7 Å². The van der Waals surface area contributed by atoms with Gasteiger partial charge in [-0.3, -0.25) is 9.59 Å². The molecule has 1 saturated heterocycles. The number of nitrogens with zero attached hydrogens (tertiary/aromatic N) is 2. The molecule has 1 heterocycles. The zero-order valence-corrected chi connectivity index (χ0v) is 19.7. The smallest absolute Gasteiger partial charge is 0.225 e. The van der Waals surface area contributed by atoms with Crippen LogP contribution in [0.4, 0.5) is 4.39 Å². The number of hydrogen-bond donors (Lipinski definition) is 1. The van der Waals surface area contributed by atoms with E-state index in [-0.39, 0.29) is 29.7 Å². The van der Waals surface area contributed by atoms with Crippen molar-refractivity contribution in [3.8, 4) is 0 Å². The van der Waals surface area contributed by atoms with E-state index in [0.717, 1.165) is 25.1 Å². The lowest BCUT2D eigenvalue weighted by Crippen LogP contribution is -2.37. The number of likely N-dealkylation sites (tertiary alicyclic amines) is 1. The van der Waals surface area contributed by atoms with Gasteiger partial charge in [-0.25, -0.2) is 12.8 Å². The van der Waals surface area contributed by atoms with Crippen molar-refractivity contribution in [1.29, 1.82) is 0 Å². The van der Waals surface area contributed by atoms with Gasteiger partial charge in [0, 0.05) is 26.1 Å². The van der Waals surface area contributed by atoms with Gasteiger partial charge in [-0.2, -0.15) is 0 Å². The highest BCUT2D eigenvalue weighted by molar-refractivity contribution is 7.91. The van der Waals surface area contributed by atoms with Crippen LogP contribution in [-0.4, -0.2) is 70.3 Å². The second-order valence-electron chi connectivity index (χ2n) is 8.54. The SMILES string of the molecule is CN(C)CCCN1CC(C(=O)NCC(c2ccccc2)S(=O)(=O)c2ccc(F)cc2)CC1=O. The Morgan fingerprint density at radius 1 is 1.15 bits per heavy atom. The van der Waals surface area contributed by atoms with Crippen molar-refractivity contribution in [3.63, 3.8) is 0 Å². The van der Waals surface area contributed by atoms with E-state index >= 15 is 0 Å². The molecule has 9 heteroatoms. The highest BCUT2D eigenvalue weighted by Crippen LogP contribution is 2.29. The molecule has 2 aromatic rings. The van der Waals surface area contributed by atoms with Crippen LogP contribution in [-0.2, 0) is 19.4 Å². The predicted octanol–water partition coefficient (Wildman–Crippen LogP) is 2.26. The molecule has 0 saturated carbocycles. The summed E-state index contributed by atoms with van der Waals surface area (Å²) in [6.07, 6.45) is 0.938. The van der Waals surface area contributed by atoms with Gasteiger partial charge in [0.1, 0.15) is 11.1 Å². The lowest BCUT2D eigenvalue weighted by molar-refractivity contribution is -0.129. The zero-order chi connectivity index (χ0) is 24.0. The van der Waals surface area contributed by atoms with Gasteiger partial charge in [0.05, 0.1) is 10.8 Å². The maximum Gasteiger partial charge on any atom is 0.225 e. The van der Waals surface area contributed by atoms with Crippen LogP contribution >= 0.6 is 0 Å². The van der Waals surface area contributed by atoms with Crippen molar-refractivity contribution >= 4 is 21.7 Å². The highest BCUT2D eigenvalue weighted by Gasteiger charge is 2.35. The Kier molecular flexibility index (Phi) is 8.20. The molecule has 2 atom stereocenters. The summed E-state index contributed by atoms with van der Waals surface area (Å²) in [7, 11) is 0.0318. The largest absolute Gasteiger partial charge is 0.354 e. The molecule has 2 unspecified atom stereocenters. The standard InChI is InChI=1S/C24H30FN3O4S/c1-27(2)13-6-14-28-17-19(15-23(28)29)24(30)26-16-22(18-7-4-3-5-8-18)33(31,32)21-11-9-20(25)10-12-21/h3-5,7-12,19,22H,6,13-17H2,1-2H3,(H,26,30). The van der Waals surface area contributed by atoms with Crippen LogP contribution in [0.15, 0.2) is 59.5 Å². The summed E-state index contributed by atoms with van der Waals surface area (Å²) < 4.78 is 40.0. The van der Waals surface area contributed by atoms with Gasteiger partial charge in [0.2, 0.25) is 11.8 Å². The van der Waals surface area contributed by atoms with Gasteiger partial charge in [-0.1, -0.05) is 30.3 Å². The van der Waals surface area contributed by atoms with Crippen molar-refractivity contribution in [2.75, 3.05) is 40.3 Å². The third-order valence-electron chi connectivity index (χ3n) is 5.77. The van der Waals surface area contributed by atoms with Gasteiger partial charge < -0.3 is 15.1 Å². The Balaban J connectivity index is 1.69. The lowest BCUT2D eigenvalue weighted by Gasteiger charge is -2.21. The molecule has 1 aliphatic heterocycles. The fourth-order valence-electron chi connectivity index (χ4n) is 3.94. The number of carbonyl (C=O) groups is 2. The minimum atomic E-state index is -3.90. The first kappa shape index (κ1) is 24.9. The minimum absolute atomic E-state index is 0.0184. The fourth-order valence-corrected chi connectivity index (χ4v) is 5.60. The fraction of sp³-hybridized carbons (Fsp3) is 0.417. The molecule has 7 nitrogen and oxygen atoms in total. The summed E-state index contributed by atoms with van der Waals surface area (Å²) in [6, 6.07) is 13.3. The second kappa shape index (κ2) is 10.9. The third-order valence-corrected chi connectivity index (χ3v) is 7.89. The molecule has 178 valence electrons. The monoisotopic (exact) mass is 475 g/mol. The number of benzene rings is 2. The lowest BCUT2D eigenvalue weighted by atomic mass is 10.1. The average Bonchev–Trinajstić information content (AvgIpc) is 3.15. The summed E-state index contributed by atoms with van der Waals surface area (Å²) in [6.45, 7) is 1.62. The molecule has 0 bridgehead atoms. The molecule has 0 radical (unpaired) electrons. The molecule has 2 aromatic carbocycles. The van der Waals surface area contributed by atoms with Gasteiger partial charge >= 0.3 is 0 Å². The van der Waals surface area contributed by atoms with E-state index < -0.39 is 26.8 Å². The molecule has 1 aliphatic rings. The first-order chi connectivity index (χ1) is 15.7. The van der Waals surface area contributed by atoms with Crippen LogP contribution in [0.5, 0.6) is 0 Å². The Bertz CT molecular complexity index is 1060. The summed E-state index contributed by atoms with van der Waals surface area (Å²) in [5.41, 5.74) is 0.523. The molecular weight excluding hydrogens is 445 g/mol. The van der Waals surface area contributed by atoms with Crippen LogP contribution in [0.25, 0.3) is 0 Å². The predicted molar refractivity (Wildman–Crippen MR) is 124 cm³/mol. The molecule has 0 spiro atoms. The molecule has 2 amide bonds. The van der Waals surface area contributed by atoms with E-state index in [0.29, 0.717) is 18.7 Å². The quantitative estimate of drug-likeness (QED) is 0.533. The molecule has 0 aliphatic carbocycles. The average molecular weight is 476 g/mol. The van der Waals surface area contributed by atoms with E-state index in [4.69, 9.17) is 0 Å². The van der Waals surface area contributed by atoms with Gasteiger partial charge in [-0.05, 0) is 56.9 Å². The Morgan fingerprint density at radius 3 is 2.45 bits per heavy atom. The Hall–Kier alpha value is -2.78. The zero-order valence-electron chi connectivity index (χ0n) is 18.9. The topological polar surface area (TPSA) is 86.8 Å². The molecule has 1 N–H and O–H groups in total. The summed E-state index contributed by atoms with van der Waals surface area (Å²) >= 11 is 0. The first-order valence-electron chi connectivity index (χ1n) is 10.9. The highest BCUT2D eigenvalue weighted by atomic mass is 32.2. The normalized spacial score (nSPS) is 17.4. The molecule has 1 fully saturated rings. The van der Waals surface area contributed by atoms with E-state index in [1.807, 2.05) is 19.0 Å². The van der Waals surface area contributed by atoms with Crippen LogP contribution in [0.2, 0.25) is 0 Å². The minimum Gasteiger partial charge on any atom is -0.354 e. The summed E-state index contributed by atoms with van der Waals surface area (Å²) in [5, 5.41) is 1.71. The van der Waals surface area contributed by atoms with Crippen LogP contribution < -0.4 is 5.32 Å². The van der Waals surface area contributed by atoms with E-state index in [1.54, 1.807) is 35.2 Å². The molecule has 33 heavy (non-hydrogen) atoms. The van der Waals surface area contributed by atoms with Crippen molar-refractivity contribution in [2.24, 2.45) is 5.92 Å². The number of hydrogen-bond acceptors (Lipinski definition) is 5. The first-order valence-corrected chi connectivity index (χ1v) is 12.5. The second-order valence-corrected chi connectivity index (χ2v) is 10.7. The Morgan fingerprint density at radius 2 is 1.82 bits per heavy atom. The number of amides is 2. The van der Waals surface area contributed by atoms with E-state index in [1.165, 1.54) is 12.1 Å². The molecule has 0 aromatic heterocycles.